The van der Waals surface area contributed by atoms with Crippen molar-refractivity contribution in [3.63, 3.8) is 0 Å². The van der Waals surface area contributed by atoms with Crippen LogP contribution in [0.2, 0.25) is 0 Å². The van der Waals surface area contributed by atoms with Gasteiger partial charge in [0.05, 0.1) is 22.9 Å². The Hall–Kier alpha value is -3.06. The van der Waals surface area contributed by atoms with Crippen LogP contribution in [0.3, 0.4) is 0 Å². The van der Waals surface area contributed by atoms with Crippen molar-refractivity contribution in [2.45, 2.75) is 19.8 Å². The maximum Gasteiger partial charge on any atom is 0.269 e. The first-order valence-corrected chi connectivity index (χ1v) is 9.34. The average Bonchev–Trinajstić information content (AvgIpc) is 2.72. The molecule has 0 aliphatic carbocycles. The topological polar surface area (TPSA) is 80.3 Å². The van der Waals surface area contributed by atoms with Gasteiger partial charge in [0.2, 0.25) is 0 Å². The van der Waals surface area contributed by atoms with E-state index in [0.717, 1.165) is 43.9 Å². The first kappa shape index (κ1) is 21.2. The number of nitro benzene ring substituents is 1. The quantitative estimate of drug-likeness (QED) is 0.152. The molecule has 0 aliphatic rings. The second-order valence-electron chi connectivity index (χ2n) is 6.11. The molecule has 0 amide bonds. The van der Waals surface area contributed by atoms with Gasteiger partial charge in [0.25, 0.3) is 5.69 Å². The number of hydrogen-bond donors (Lipinski definition) is 0. The van der Waals surface area contributed by atoms with Gasteiger partial charge >= 0.3 is 0 Å². The highest BCUT2D eigenvalue weighted by Crippen LogP contribution is 2.23. The van der Waals surface area contributed by atoms with Crippen molar-refractivity contribution in [3.8, 4) is 0 Å². The number of allylic oxidation sites excluding steroid dienone is 1. The number of hydrogen-bond acceptors (Lipinski definition) is 6. The van der Waals surface area contributed by atoms with Gasteiger partial charge in [-0.2, -0.15) is 10.2 Å². The molecule has 0 saturated heterocycles. The molecular weight excluding hydrogens is 356 g/mol. The molecule has 0 bridgehead atoms. The Morgan fingerprint density at radius 3 is 2.21 bits per heavy atom. The monoisotopic (exact) mass is 382 g/mol. The van der Waals surface area contributed by atoms with Gasteiger partial charge in [0, 0.05) is 37.5 Å². The third-order valence-corrected chi connectivity index (χ3v) is 4.14. The standard InChI is InChI=1S/C21H26N4O3/c1-3-5-6-16-28-17-15-24(4-2)20-11-7-18(8-12-20)22-23-19-9-13-21(14-10-19)25(26)27/h3,7-14H,1,4-6,15-17H2,2H3. The molecule has 0 saturated carbocycles. The predicted octanol–water partition coefficient (Wildman–Crippen LogP) is 5.82. The molecule has 0 aromatic heterocycles. The first-order valence-electron chi connectivity index (χ1n) is 9.34. The molecule has 2 rings (SSSR count). The maximum absolute atomic E-state index is 10.7. The maximum atomic E-state index is 10.7. The number of nitrogens with zero attached hydrogens (tertiary/aromatic N) is 4. The highest BCUT2D eigenvalue weighted by molar-refractivity contribution is 5.53. The van der Waals surface area contributed by atoms with Crippen LogP contribution in [-0.2, 0) is 4.74 Å². The predicted molar refractivity (Wildman–Crippen MR) is 112 cm³/mol. The van der Waals surface area contributed by atoms with Gasteiger partial charge in [0.1, 0.15) is 0 Å². The Kier molecular flexibility index (Phi) is 8.81. The number of benzene rings is 2. The van der Waals surface area contributed by atoms with E-state index in [1.165, 1.54) is 12.1 Å². The van der Waals surface area contributed by atoms with E-state index in [-0.39, 0.29) is 5.69 Å². The van der Waals surface area contributed by atoms with Crippen LogP contribution in [-0.4, -0.2) is 31.2 Å². The molecule has 0 radical (unpaired) electrons. The summed E-state index contributed by atoms with van der Waals surface area (Å²) in [4.78, 5) is 12.5. The Morgan fingerprint density at radius 1 is 1.07 bits per heavy atom. The minimum absolute atomic E-state index is 0.0349. The molecule has 0 fully saturated rings. The summed E-state index contributed by atoms with van der Waals surface area (Å²) in [6, 6.07) is 13.8. The van der Waals surface area contributed by atoms with Gasteiger partial charge in [-0.25, -0.2) is 0 Å². The molecule has 0 N–H and O–H groups in total. The van der Waals surface area contributed by atoms with E-state index < -0.39 is 4.92 Å². The third-order valence-electron chi connectivity index (χ3n) is 4.14. The number of unbranched alkanes of at least 4 members (excludes halogenated alkanes) is 1. The fourth-order valence-corrected chi connectivity index (χ4v) is 2.56. The summed E-state index contributed by atoms with van der Waals surface area (Å²) in [6.07, 6.45) is 3.89. The van der Waals surface area contributed by atoms with E-state index in [2.05, 4.69) is 28.6 Å². The SMILES string of the molecule is C=CCCCOCCN(CC)c1ccc(N=Nc2ccc([N+](=O)[O-])cc2)cc1. The van der Waals surface area contributed by atoms with Crippen molar-refractivity contribution < 1.29 is 9.66 Å². The highest BCUT2D eigenvalue weighted by Gasteiger charge is 2.05. The van der Waals surface area contributed by atoms with Crippen LogP contribution in [0, 0.1) is 10.1 Å². The van der Waals surface area contributed by atoms with E-state index in [1.54, 1.807) is 12.1 Å². The molecule has 0 atom stereocenters. The number of ether oxygens (including phenoxy) is 1. The molecule has 7 nitrogen and oxygen atoms in total. The zero-order chi connectivity index (χ0) is 20.2. The summed E-state index contributed by atoms with van der Waals surface area (Å²) in [5.41, 5.74) is 2.43. The number of rotatable bonds is 12. The van der Waals surface area contributed by atoms with E-state index in [9.17, 15) is 10.1 Å². The van der Waals surface area contributed by atoms with Crippen molar-refractivity contribution in [1.82, 2.24) is 0 Å². The minimum atomic E-state index is -0.439. The lowest BCUT2D eigenvalue weighted by Gasteiger charge is -2.23. The van der Waals surface area contributed by atoms with Crippen LogP contribution >= 0.6 is 0 Å². The van der Waals surface area contributed by atoms with Crippen molar-refractivity contribution in [3.05, 3.63) is 71.3 Å². The Labute approximate surface area is 165 Å². The molecule has 7 heteroatoms. The van der Waals surface area contributed by atoms with E-state index >= 15 is 0 Å². The normalized spacial score (nSPS) is 10.9. The molecule has 0 unspecified atom stereocenters. The Bertz CT molecular complexity index is 773. The number of anilines is 1. The lowest BCUT2D eigenvalue weighted by molar-refractivity contribution is -0.384. The van der Waals surface area contributed by atoms with Crippen LogP contribution in [0.1, 0.15) is 19.8 Å². The van der Waals surface area contributed by atoms with Crippen LogP contribution in [0.15, 0.2) is 71.4 Å². The fourth-order valence-electron chi connectivity index (χ4n) is 2.56. The summed E-state index contributed by atoms with van der Waals surface area (Å²) < 4.78 is 5.66. The Balaban J connectivity index is 1.88. The highest BCUT2D eigenvalue weighted by atomic mass is 16.6. The van der Waals surface area contributed by atoms with Gasteiger partial charge in [-0.1, -0.05) is 6.08 Å². The van der Waals surface area contributed by atoms with Gasteiger partial charge in [-0.3, -0.25) is 10.1 Å². The van der Waals surface area contributed by atoms with E-state index in [4.69, 9.17) is 4.74 Å². The number of non-ortho nitro benzene ring substituents is 1. The van der Waals surface area contributed by atoms with Crippen LogP contribution in [0.5, 0.6) is 0 Å². The summed E-state index contributed by atoms with van der Waals surface area (Å²) in [5, 5.41) is 19.0. The smallest absolute Gasteiger partial charge is 0.269 e. The zero-order valence-electron chi connectivity index (χ0n) is 16.2. The molecule has 2 aromatic carbocycles. The van der Waals surface area contributed by atoms with E-state index in [0.29, 0.717) is 12.3 Å². The second kappa shape index (κ2) is 11.6. The summed E-state index contributed by atoms with van der Waals surface area (Å²) in [6.45, 7) is 8.97. The van der Waals surface area contributed by atoms with Gasteiger partial charge < -0.3 is 9.64 Å². The Morgan fingerprint density at radius 2 is 1.68 bits per heavy atom. The molecule has 0 heterocycles. The molecule has 2 aromatic rings. The molecule has 148 valence electrons. The molecular formula is C21H26N4O3. The van der Waals surface area contributed by atoms with E-state index in [1.807, 2.05) is 30.3 Å². The first-order chi connectivity index (χ1) is 13.6. The van der Waals surface area contributed by atoms with Crippen LogP contribution in [0.25, 0.3) is 0 Å². The average molecular weight is 382 g/mol. The second-order valence-corrected chi connectivity index (χ2v) is 6.11. The fraction of sp³-hybridized carbons (Fsp3) is 0.333. The largest absolute Gasteiger partial charge is 0.380 e. The summed E-state index contributed by atoms with van der Waals surface area (Å²) in [7, 11) is 0. The molecule has 0 aliphatic heterocycles. The molecule has 0 spiro atoms. The van der Waals surface area contributed by atoms with Crippen molar-refractivity contribution in [2.24, 2.45) is 10.2 Å². The minimum Gasteiger partial charge on any atom is -0.380 e. The summed E-state index contributed by atoms with van der Waals surface area (Å²) >= 11 is 0. The number of nitro groups is 1. The van der Waals surface area contributed by atoms with Gasteiger partial charge in [-0.05, 0) is 56.2 Å². The van der Waals surface area contributed by atoms with Crippen LogP contribution < -0.4 is 4.90 Å². The van der Waals surface area contributed by atoms with Gasteiger partial charge in [0.15, 0.2) is 0 Å². The van der Waals surface area contributed by atoms with Crippen molar-refractivity contribution >= 4 is 22.7 Å². The van der Waals surface area contributed by atoms with Crippen molar-refractivity contribution in [1.29, 1.82) is 0 Å². The van der Waals surface area contributed by atoms with Crippen LogP contribution in [0.4, 0.5) is 22.7 Å². The third kappa shape index (κ3) is 6.92. The van der Waals surface area contributed by atoms with Crippen molar-refractivity contribution in [2.75, 3.05) is 31.2 Å². The lowest BCUT2D eigenvalue weighted by atomic mass is 10.2. The summed E-state index contributed by atoms with van der Waals surface area (Å²) in [5.74, 6) is 0. The molecule has 28 heavy (non-hydrogen) atoms. The zero-order valence-corrected chi connectivity index (χ0v) is 16.2. The van der Waals surface area contributed by atoms with Gasteiger partial charge in [-0.15, -0.1) is 6.58 Å². The lowest BCUT2D eigenvalue weighted by Crippen LogP contribution is -2.27. The number of azo groups is 1. The number of likely N-dealkylation sites (N-methyl/N-ethyl adjacent to an activating group) is 1.